The molecular formula is C18H19F2N5O2. The molecule has 9 heteroatoms. The summed E-state index contributed by atoms with van der Waals surface area (Å²) in [7, 11) is 0. The van der Waals surface area contributed by atoms with Crippen molar-refractivity contribution >= 4 is 0 Å². The van der Waals surface area contributed by atoms with E-state index in [1.165, 1.54) is 0 Å². The molecule has 0 N–H and O–H groups in total. The molecule has 0 spiro atoms. The highest BCUT2D eigenvalue weighted by atomic mass is 19.3. The molecule has 1 atom stereocenters. The molecule has 0 radical (unpaired) electrons. The fraction of sp³-hybridized carbons (Fsp3) is 0.389. The van der Waals surface area contributed by atoms with Gasteiger partial charge in [0.1, 0.15) is 18.1 Å². The minimum absolute atomic E-state index is 0.00465. The van der Waals surface area contributed by atoms with E-state index in [4.69, 9.17) is 9.47 Å². The lowest BCUT2D eigenvalue weighted by molar-refractivity contribution is 0.0546. The summed E-state index contributed by atoms with van der Waals surface area (Å²) in [5.41, 5.74) is 0.720. The van der Waals surface area contributed by atoms with E-state index >= 15 is 0 Å². The Bertz CT molecular complexity index is 904. The second-order valence-electron chi connectivity index (χ2n) is 6.31. The molecule has 3 aromatic rings. The summed E-state index contributed by atoms with van der Waals surface area (Å²) in [6.07, 6.45) is 0.782. The lowest BCUT2D eigenvalue weighted by Crippen LogP contribution is -2.13. The number of alkyl halides is 2. The van der Waals surface area contributed by atoms with Gasteiger partial charge in [0.15, 0.2) is 11.6 Å². The molecule has 4 rings (SSSR count). The first-order valence-electron chi connectivity index (χ1n) is 8.67. The summed E-state index contributed by atoms with van der Waals surface area (Å²) in [6.45, 7) is 0.188. The van der Waals surface area contributed by atoms with Crippen molar-refractivity contribution in [3.8, 4) is 17.3 Å². The van der Waals surface area contributed by atoms with E-state index in [0.717, 1.165) is 6.42 Å². The topological polar surface area (TPSA) is 67.0 Å². The van der Waals surface area contributed by atoms with E-state index in [0.29, 0.717) is 46.7 Å². The third-order valence-electron chi connectivity index (χ3n) is 4.37. The monoisotopic (exact) mass is 375 g/mol. The van der Waals surface area contributed by atoms with Crippen LogP contribution in [0.1, 0.15) is 30.5 Å². The molecule has 1 unspecified atom stereocenters. The number of ether oxygens (including phenoxy) is 2. The maximum absolute atomic E-state index is 13.1. The Morgan fingerprint density at radius 1 is 1.26 bits per heavy atom. The van der Waals surface area contributed by atoms with Gasteiger partial charge >= 0.3 is 6.55 Å². The number of hydrogen-bond acceptors (Lipinski definition) is 5. The van der Waals surface area contributed by atoms with Crippen molar-refractivity contribution < 1.29 is 18.3 Å². The van der Waals surface area contributed by atoms with Gasteiger partial charge in [0, 0.05) is 12.3 Å². The summed E-state index contributed by atoms with van der Waals surface area (Å²) in [5.74, 6) is 1.61. The molecule has 0 bridgehead atoms. The van der Waals surface area contributed by atoms with Gasteiger partial charge in [-0.3, -0.25) is 0 Å². The second kappa shape index (κ2) is 7.43. The summed E-state index contributed by atoms with van der Waals surface area (Å²) < 4.78 is 39.7. The second-order valence-corrected chi connectivity index (χ2v) is 6.31. The number of hydrogen-bond donors (Lipinski definition) is 0. The van der Waals surface area contributed by atoms with Crippen LogP contribution in [0.4, 0.5) is 8.78 Å². The van der Waals surface area contributed by atoms with E-state index in [2.05, 4.69) is 15.2 Å². The summed E-state index contributed by atoms with van der Waals surface area (Å²) in [4.78, 5) is 4.50. The van der Waals surface area contributed by atoms with Gasteiger partial charge in [-0.1, -0.05) is 18.2 Å². The first kappa shape index (κ1) is 17.6. The molecule has 27 heavy (non-hydrogen) atoms. The molecule has 7 nitrogen and oxygen atoms in total. The molecule has 0 amide bonds. The van der Waals surface area contributed by atoms with E-state index < -0.39 is 6.55 Å². The Hall–Kier alpha value is -2.81. The van der Waals surface area contributed by atoms with Gasteiger partial charge in [-0.25, -0.2) is 14.3 Å². The minimum atomic E-state index is -2.70. The van der Waals surface area contributed by atoms with Crippen LogP contribution in [0.3, 0.4) is 0 Å². The zero-order chi connectivity index (χ0) is 18.8. The molecule has 2 aromatic heterocycles. The molecule has 1 saturated heterocycles. The largest absolute Gasteiger partial charge is 0.486 e. The predicted octanol–water partition coefficient (Wildman–Crippen LogP) is 3.39. The van der Waals surface area contributed by atoms with Crippen molar-refractivity contribution in [1.29, 1.82) is 0 Å². The number of aryl methyl sites for hydroxylation is 1. The Labute approximate surface area is 154 Å². The zero-order valence-electron chi connectivity index (χ0n) is 14.8. The molecule has 142 valence electrons. The molecule has 1 fully saturated rings. The van der Waals surface area contributed by atoms with Gasteiger partial charge in [-0.05, 0) is 31.5 Å². The molecule has 0 aliphatic carbocycles. The third-order valence-corrected chi connectivity index (χ3v) is 4.37. The average molecular weight is 375 g/mol. The van der Waals surface area contributed by atoms with E-state index in [1.807, 2.05) is 30.3 Å². The van der Waals surface area contributed by atoms with Crippen molar-refractivity contribution in [2.75, 3.05) is 13.2 Å². The fourth-order valence-electron chi connectivity index (χ4n) is 3.03. The molecule has 0 saturated carbocycles. The SMILES string of the molecule is Cc1cc(-c2nc(COc3ccccc3)nn2C2CCOC2)nn1C(F)F. The van der Waals surface area contributed by atoms with Crippen LogP contribution < -0.4 is 4.74 Å². The van der Waals surface area contributed by atoms with Gasteiger partial charge in [-0.2, -0.15) is 19.0 Å². The van der Waals surface area contributed by atoms with Crippen LogP contribution in [0.5, 0.6) is 5.75 Å². The van der Waals surface area contributed by atoms with Gasteiger partial charge < -0.3 is 9.47 Å². The van der Waals surface area contributed by atoms with Crippen LogP contribution in [0.2, 0.25) is 0 Å². The lowest BCUT2D eigenvalue weighted by atomic mass is 10.2. The van der Waals surface area contributed by atoms with Crippen LogP contribution in [-0.2, 0) is 11.3 Å². The maximum atomic E-state index is 13.1. The molecule has 1 aliphatic rings. The Kier molecular flexibility index (Phi) is 4.85. The van der Waals surface area contributed by atoms with Crippen LogP contribution in [-0.4, -0.2) is 37.8 Å². The summed E-state index contributed by atoms with van der Waals surface area (Å²) in [5, 5.41) is 8.54. The van der Waals surface area contributed by atoms with Crippen molar-refractivity contribution in [2.45, 2.75) is 32.5 Å². The van der Waals surface area contributed by atoms with Gasteiger partial charge in [-0.15, -0.1) is 0 Å². The highest BCUT2D eigenvalue weighted by molar-refractivity contribution is 5.50. The normalized spacial score (nSPS) is 17.0. The van der Waals surface area contributed by atoms with Crippen molar-refractivity contribution in [3.63, 3.8) is 0 Å². The third kappa shape index (κ3) is 3.68. The number of benzene rings is 1. The quantitative estimate of drug-likeness (QED) is 0.661. The number of aromatic nitrogens is 5. The van der Waals surface area contributed by atoms with Gasteiger partial charge in [0.25, 0.3) is 0 Å². The number of para-hydroxylation sites is 1. The zero-order valence-corrected chi connectivity index (χ0v) is 14.8. The van der Waals surface area contributed by atoms with Crippen LogP contribution in [0.25, 0.3) is 11.5 Å². The van der Waals surface area contributed by atoms with Gasteiger partial charge in [0.05, 0.1) is 12.6 Å². The smallest absolute Gasteiger partial charge is 0.333 e. The van der Waals surface area contributed by atoms with Crippen LogP contribution >= 0.6 is 0 Å². The highest BCUT2D eigenvalue weighted by Gasteiger charge is 2.26. The van der Waals surface area contributed by atoms with Crippen molar-refractivity contribution in [3.05, 3.63) is 47.9 Å². The Morgan fingerprint density at radius 2 is 2.07 bits per heavy atom. The van der Waals surface area contributed by atoms with E-state index in [1.54, 1.807) is 17.7 Å². The van der Waals surface area contributed by atoms with Crippen molar-refractivity contribution in [1.82, 2.24) is 24.5 Å². The molecular weight excluding hydrogens is 356 g/mol. The van der Waals surface area contributed by atoms with E-state index in [-0.39, 0.29) is 12.6 Å². The van der Waals surface area contributed by atoms with E-state index in [9.17, 15) is 8.78 Å². The number of halogens is 2. The number of nitrogens with zero attached hydrogens (tertiary/aromatic N) is 5. The van der Waals surface area contributed by atoms with Crippen molar-refractivity contribution in [2.24, 2.45) is 0 Å². The standard InChI is InChI=1S/C18H19F2N5O2/c1-12-9-15(22-24(12)18(19)20)17-21-16(11-27-14-5-3-2-4-6-14)23-25(17)13-7-8-26-10-13/h2-6,9,13,18H,7-8,10-11H2,1H3. The van der Waals surface area contributed by atoms with Crippen LogP contribution in [0.15, 0.2) is 36.4 Å². The first-order chi connectivity index (χ1) is 13.1. The Morgan fingerprint density at radius 3 is 2.74 bits per heavy atom. The first-order valence-corrected chi connectivity index (χ1v) is 8.67. The number of rotatable bonds is 6. The molecule has 1 aliphatic heterocycles. The highest BCUT2D eigenvalue weighted by Crippen LogP contribution is 2.27. The summed E-state index contributed by atoms with van der Waals surface area (Å²) in [6, 6.07) is 10.9. The molecule has 3 heterocycles. The average Bonchev–Trinajstić information content (AvgIpc) is 3.39. The maximum Gasteiger partial charge on any atom is 0.333 e. The fourth-order valence-corrected chi connectivity index (χ4v) is 3.03. The molecule has 1 aromatic carbocycles. The van der Waals surface area contributed by atoms with Crippen LogP contribution in [0, 0.1) is 6.92 Å². The Balaban J connectivity index is 1.64. The lowest BCUT2D eigenvalue weighted by Gasteiger charge is -2.10. The van der Waals surface area contributed by atoms with Gasteiger partial charge in [0.2, 0.25) is 0 Å². The summed E-state index contributed by atoms with van der Waals surface area (Å²) >= 11 is 0. The predicted molar refractivity (Wildman–Crippen MR) is 92.5 cm³/mol. The minimum Gasteiger partial charge on any atom is -0.486 e.